The number of hydrogen-bond donors (Lipinski definition) is 1. The van der Waals surface area contributed by atoms with Gasteiger partial charge in [-0.3, -0.25) is 9.63 Å². The first-order valence-electron chi connectivity index (χ1n) is 4.42. The average molecular weight is 172 g/mol. The minimum absolute atomic E-state index is 0.0871. The van der Waals surface area contributed by atoms with Crippen LogP contribution in [0.5, 0.6) is 0 Å². The van der Waals surface area contributed by atoms with Crippen molar-refractivity contribution in [2.24, 2.45) is 0 Å². The molecule has 0 unspecified atom stereocenters. The van der Waals surface area contributed by atoms with Crippen molar-refractivity contribution in [3.05, 3.63) is 0 Å². The molecule has 0 radical (unpaired) electrons. The van der Waals surface area contributed by atoms with Crippen molar-refractivity contribution in [2.45, 2.75) is 19.3 Å². The fraction of sp³-hybridized carbons (Fsp3) is 0.875. The van der Waals surface area contributed by atoms with Crippen LogP contribution >= 0.6 is 0 Å². The Kier molecular flexibility index (Phi) is 4.04. The molecule has 0 bridgehead atoms. The van der Waals surface area contributed by atoms with Crippen molar-refractivity contribution in [1.29, 1.82) is 0 Å². The summed E-state index contributed by atoms with van der Waals surface area (Å²) in [4.78, 5) is 16.5. The van der Waals surface area contributed by atoms with Gasteiger partial charge in [-0.25, -0.2) is 5.06 Å². The molecule has 0 aliphatic carbocycles. The normalized spacial score (nSPS) is 17.9. The Bertz CT molecular complexity index is 144. The van der Waals surface area contributed by atoms with Crippen molar-refractivity contribution >= 4 is 5.91 Å². The Hall–Kier alpha value is -0.610. The van der Waals surface area contributed by atoms with E-state index in [2.05, 4.69) is 5.32 Å². The number of hydrogen-bond acceptors (Lipinski definition) is 3. The Morgan fingerprint density at radius 1 is 1.58 bits per heavy atom. The van der Waals surface area contributed by atoms with Crippen LogP contribution in [0, 0.1) is 0 Å². The number of amides is 1. The summed E-state index contributed by atoms with van der Waals surface area (Å²) in [5, 5.41) is 4.42. The summed E-state index contributed by atoms with van der Waals surface area (Å²) in [6.07, 6.45) is 2.65. The van der Waals surface area contributed by atoms with Crippen LogP contribution in [-0.4, -0.2) is 37.7 Å². The van der Waals surface area contributed by atoms with Crippen LogP contribution in [0.15, 0.2) is 0 Å². The lowest BCUT2D eigenvalue weighted by Crippen LogP contribution is -2.36. The zero-order chi connectivity index (χ0) is 8.81. The molecule has 4 heteroatoms. The summed E-state index contributed by atoms with van der Waals surface area (Å²) in [7, 11) is 1.84. The minimum atomic E-state index is 0.0871. The Labute approximate surface area is 72.8 Å². The van der Waals surface area contributed by atoms with E-state index < -0.39 is 0 Å². The van der Waals surface area contributed by atoms with Crippen LogP contribution in [-0.2, 0) is 9.63 Å². The van der Waals surface area contributed by atoms with Crippen molar-refractivity contribution in [2.75, 3.05) is 26.7 Å². The fourth-order valence-corrected chi connectivity index (χ4v) is 1.15. The number of nitrogens with zero attached hydrogens (tertiary/aromatic N) is 1. The van der Waals surface area contributed by atoms with Crippen LogP contribution in [0.2, 0.25) is 0 Å². The maximum Gasteiger partial charge on any atom is 0.247 e. The topological polar surface area (TPSA) is 41.6 Å². The van der Waals surface area contributed by atoms with Crippen LogP contribution in [0.25, 0.3) is 0 Å². The molecule has 0 atom stereocenters. The van der Waals surface area contributed by atoms with E-state index in [0.29, 0.717) is 13.0 Å². The van der Waals surface area contributed by atoms with Crippen molar-refractivity contribution in [3.8, 4) is 0 Å². The Morgan fingerprint density at radius 2 is 2.42 bits per heavy atom. The van der Waals surface area contributed by atoms with Gasteiger partial charge in [-0.1, -0.05) is 0 Å². The molecule has 1 amide bonds. The largest absolute Gasteiger partial charge is 0.319 e. The van der Waals surface area contributed by atoms with E-state index in [4.69, 9.17) is 4.84 Å². The van der Waals surface area contributed by atoms with Crippen LogP contribution in [0.4, 0.5) is 0 Å². The molecule has 1 saturated heterocycles. The molecule has 1 aliphatic rings. The maximum absolute atomic E-state index is 11.3. The molecule has 4 nitrogen and oxygen atoms in total. The lowest BCUT2D eigenvalue weighted by atomic mass is 10.3. The number of carbonyl (C=O) groups is 1. The molecule has 0 saturated carbocycles. The van der Waals surface area contributed by atoms with Gasteiger partial charge < -0.3 is 5.32 Å². The smallest absolute Gasteiger partial charge is 0.247 e. The number of hydroxylamine groups is 2. The highest BCUT2D eigenvalue weighted by Gasteiger charge is 2.16. The number of rotatable bonds is 3. The third-order valence-electron chi connectivity index (χ3n) is 1.87. The summed E-state index contributed by atoms with van der Waals surface area (Å²) in [5.74, 6) is 0.0871. The van der Waals surface area contributed by atoms with E-state index in [1.807, 2.05) is 7.05 Å². The molecule has 0 aromatic rings. The molecule has 1 heterocycles. The molecule has 70 valence electrons. The highest BCUT2D eigenvalue weighted by atomic mass is 16.7. The van der Waals surface area contributed by atoms with Gasteiger partial charge in [-0.15, -0.1) is 0 Å². The maximum atomic E-state index is 11.3. The molecule has 0 aromatic heterocycles. The van der Waals surface area contributed by atoms with Crippen LogP contribution < -0.4 is 5.32 Å². The average Bonchev–Trinajstić information content (AvgIpc) is 2.15. The summed E-state index contributed by atoms with van der Waals surface area (Å²) >= 11 is 0. The predicted molar refractivity (Wildman–Crippen MR) is 45.4 cm³/mol. The van der Waals surface area contributed by atoms with E-state index in [-0.39, 0.29) is 5.91 Å². The zero-order valence-electron chi connectivity index (χ0n) is 7.51. The molecule has 0 aromatic carbocycles. The standard InChI is InChI=1S/C8H16N2O2/c1-9-5-4-8(11)10-6-2-3-7-12-10/h9H,2-7H2,1H3. The summed E-state index contributed by atoms with van der Waals surface area (Å²) in [5.41, 5.74) is 0. The first kappa shape index (κ1) is 9.48. The Balaban J connectivity index is 2.20. The van der Waals surface area contributed by atoms with E-state index in [1.165, 1.54) is 5.06 Å². The Morgan fingerprint density at radius 3 is 3.00 bits per heavy atom. The molecular weight excluding hydrogens is 156 g/mol. The summed E-state index contributed by atoms with van der Waals surface area (Å²) in [6, 6.07) is 0. The molecular formula is C8H16N2O2. The van der Waals surface area contributed by atoms with Gasteiger partial charge in [0.05, 0.1) is 6.61 Å². The molecule has 12 heavy (non-hydrogen) atoms. The van der Waals surface area contributed by atoms with Gasteiger partial charge in [-0.05, 0) is 19.9 Å². The summed E-state index contributed by atoms with van der Waals surface area (Å²) in [6.45, 7) is 2.16. The van der Waals surface area contributed by atoms with E-state index in [1.54, 1.807) is 0 Å². The van der Waals surface area contributed by atoms with Crippen LogP contribution in [0.1, 0.15) is 19.3 Å². The van der Waals surface area contributed by atoms with Gasteiger partial charge >= 0.3 is 0 Å². The second-order valence-electron chi connectivity index (χ2n) is 2.89. The quantitative estimate of drug-likeness (QED) is 0.659. The molecule has 0 spiro atoms. The van der Waals surface area contributed by atoms with Crippen molar-refractivity contribution < 1.29 is 9.63 Å². The van der Waals surface area contributed by atoms with E-state index in [9.17, 15) is 4.79 Å². The number of carbonyl (C=O) groups excluding carboxylic acids is 1. The molecule has 1 rings (SSSR count). The van der Waals surface area contributed by atoms with Gasteiger partial charge in [0.1, 0.15) is 0 Å². The molecule has 1 N–H and O–H groups in total. The van der Waals surface area contributed by atoms with Crippen molar-refractivity contribution in [3.63, 3.8) is 0 Å². The highest BCUT2D eigenvalue weighted by Crippen LogP contribution is 2.06. The van der Waals surface area contributed by atoms with Gasteiger partial charge in [0, 0.05) is 19.5 Å². The summed E-state index contributed by atoms with van der Waals surface area (Å²) < 4.78 is 0. The van der Waals surface area contributed by atoms with E-state index in [0.717, 1.165) is 25.9 Å². The van der Waals surface area contributed by atoms with Gasteiger partial charge in [0.15, 0.2) is 0 Å². The predicted octanol–water partition coefficient (Wildman–Crippen LogP) is 0.150. The highest BCUT2D eigenvalue weighted by molar-refractivity contribution is 5.75. The second kappa shape index (κ2) is 5.11. The molecule has 1 fully saturated rings. The van der Waals surface area contributed by atoms with E-state index >= 15 is 0 Å². The van der Waals surface area contributed by atoms with Gasteiger partial charge in [-0.2, -0.15) is 0 Å². The lowest BCUT2D eigenvalue weighted by molar-refractivity contribution is -0.196. The number of nitrogens with one attached hydrogen (secondary N) is 1. The third-order valence-corrected chi connectivity index (χ3v) is 1.87. The first-order chi connectivity index (χ1) is 5.84. The van der Waals surface area contributed by atoms with Crippen LogP contribution in [0.3, 0.4) is 0 Å². The second-order valence-corrected chi connectivity index (χ2v) is 2.89. The fourth-order valence-electron chi connectivity index (χ4n) is 1.15. The SMILES string of the molecule is CNCCC(=O)N1CCCCO1. The zero-order valence-corrected chi connectivity index (χ0v) is 7.51. The van der Waals surface area contributed by atoms with Crippen molar-refractivity contribution in [1.82, 2.24) is 10.4 Å². The molecule has 1 aliphatic heterocycles. The van der Waals surface area contributed by atoms with Gasteiger partial charge in [0.25, 0.3) is 0 Å². The van der Waals surface area contributed by atoms with Gasteiger partial charge in [0.2, 0.25) is 5.91 Å². The first-order valence-corrected chi connectivity index (χ1v) is 4.42. The minimum Gasteiger partial charge on any atom is -0.319 e. The monoisotopic (exact) mass is 172 g/mol. The lowest BCUT2D eigenvalue weighted by Gasteiger charge is -2.25. The third kappa shape index (κ3) is 2.79.